The number of alkyl halides is 5. The molecule has 0 bridgehead atoms. The van der Waals surface area contributed by atoms with Crippen LogP contribution >= 0.6 is 11.6 Å². The van der Waals surface area contributed by atoms with E-state index in [4.69, 9.17) is 11.6 Å². The van der Waals surface area contributed by atoms with Crippen LogP contribution in [0.15, 0.2) is 6.20 Å². The molecule has 0 amide bonds. The zero-order valence-corrected chi connectivity index (χ0v) is 9.51. The lowest BCUT2D eigenvalue weighted by atomic mass is 10.3. The molecule has 1 saturated heterocycles. The fraction of sp³-hybridized carbons (Fsp3) is 0.556. The summed E-state index contributed by atoms with van der Waals surface area (Å²) in [7, 11) is 0. The summed E-state index contributed by atoms with van der Waals surface area (Å²) in [5.41, 5.74) is -1.16. The van der Waals surface area contributed by atoms with Crippen molar-refractivity contribution in [2.75, 3.05) is 18.0 Å². The minimum atomic E-state index is -4.71. The molecule has 0 saturated carbocycles. The van der Waals surface area contributed by atoms with Crippen LogP contribution in [0.2, 0.25) is 5.28 Å². The standard InChI is InChI=1S/C9H7ClF5N3/c10-8-16-1-4(9(13,14)15)7(17-8)18-2-5(11)6(12)3-18/h1,5-6H,2-3H2/t5-,6-/m0/s1. The minimum absolute atomic E-state index is 0.407. The number of hydrogen-bond acceptors (Lipinski definition) is 3. The molecular formula is C9H7ClF5N3. The number of aromatic nitrogens is 2. The third-order valence-electron chi connectivity index (χ3n) is 2.53. The Hall–Kier alpha value is -1.18. The average Bonchev–Trinajstić information content (AvgIpc) is 2.57. The molecule has 3 nitrogen and oxygen atoms in total. The van der Waals surface area contributed by atoms with Crippen molar-refractivity contribution in [3.05, 3.63) is 17.0 Å². The lowest BCUT2D eigenvalue weighted by molar-refractivity contribution is -0.137. The van der Waals surface area contributed by atoms with Crippen LogP contribution in [-0.2, 0) is 6.18 Å². The van der Waals surface area contributed by atoms with Crippen molar-refractivity contribution < 1.29 is 22.0 Å². The van der Waals surface area contributed by atoms with E-state index in [0.717, 1.165) is 4.90 Å². The molecule has 9 heteroatoms. The Labute approximate surface area is 104 Å². The van der Waals surface area contributed by atoms with E-state index >= 15 is 0 Å². The maximum Gasteiger partial charge on any atom is 0.421 e. The molecule has 1 aromatic heterocycles. The van der Waals surface area contributed by atoms with Crippen molar-refractivity contribution in [3.8, 4) is 0 Å². The molecular weight excluding hydrogens is 281 g/mol. The summed E-state index contributed by atoms with van der Waals surface area (Å²) in [5.74, 6) is -0.592. The minimum Gasteiger partial charge on any atom is -0.350 e. The number of nitrogens with zero attached hydrogens (tertiary/aromatic N) is 3. The van der Waals surface area contributed by atoms with Gasteiger partial charge >= 0.3 is 6.18 Å². The number of rotatable bonds is 1. The van der Waals surface area contributed by atoms with Gasteiger partial charge < -0.3 is 4.90 Å². The topological polar surface area (TPSA) is 29.0 Å². The van der Waals surface area contributed by atoms with E-state index in [1.165, 1.54) is 0 Å². The van der Waals surface area contributed by atoms with E-state index in [9.17, 15) is 22.0 Å². The van der Waals surface area contributed by atoms with E-state index in [1.54, 1.807) is 0 Å². The highest BCUT2D eigenvalue weighted by molar-refractivity contribution is 6.28. The van der Waals surface area contributed by atoms with Crippen LogP contribution in [0, 0.1) is 0 Å². The molecule has 0 radical (unpaired) electrons. The Bertz CT molecular complexity index is 442. The third kappa shape index (κ3) is 2.47. The first-order chi connectivity index (χ1) is 8.29. The smallest absolute Gasteiger partial charge is 0.350 e. The first kappa shape index (κ1) is 13.3. The van der Waals surface area contributed by atoms with Crippen LogP contribution in [0.4, 0.5) is 27.8 Å². The summed E-state index contributed by atoms with van der Waals surface area (Å²) in [4.78, 5) is 7.53. The van der Waals surface area contributed by atoms with E-state index in [2.05, 4.69) is 9.97 Å². The van der Waals surface area contributed by atoms with E-state index in [-0.39, 0.29) is 0 Å². The molecule has 1 fully saturated rings. The summed E-state index contributed by atoms with van der Waals surface area (Å²) in [6.07, 6.45) is -7.87. The lowest BCUT2D eigenvalue weighted by Gasteiger charge is -2.20. The summed E-state index contributed by atoms with van der Waals surface area (Å²) < 4.78 is 64.1. The van der Waals surface area contributed by atoms with Gasteiger partial charge in [0.05, 0.1) is 13.1 Å². The summed E-state index contributed by atoms with van der Waals surface area (Å²) in [6, 6.07) is 0. The molecule has 0 aromatic carbocycles. The molecule has 0 aliphatic carbocycles. The summed E-state index contributed by atoms with van der Waals surface area (Å²) in [5, 5.41) is -0.407. The molecule has 2 rings (SSSR count). The maximum absolute atomic E-state index is 13.0. The summed E-state index contributed by atoms with van der Waals surface area (Å²) in [6.45, 7) is -0.977. The van der Waals surface area contributed by atoms with Crippen molar-refractivity contribution >= 4 is 17.4 Å². The highest BCUT2D eigenvalue weighted by Crippen LogP contribution is 2.37. The van der Waals surface area contributed by atoms with Gasteiger partial charge in [-0.2, -0.15) is 18.2 Å². The van der Waals surface area contributed by atoms with E-state index in [0.29, 0.717) is 6.20 Å². The van der Waals surface area contributed by atoms with Gasteiger partial charge in [-0.15, -0.1) is 0 Å². The molecule has 2 atom stereocenters. The third-order valence-corrected chi connectivity index (χ3v) is 2.71. The molecule has 1 aliphatic rings. The van der Waals surface area contributed by atoms with Crippen LogP contribution in [0.25, 0.3) is 0 Å². The van der Waals surface area contributed by atoms with Gasteiger partial charge in [0.2, 0.25) is 5.28 Å². The Kier molecular flexibility index (Phi) is 3.31. The van der Waals surface area contributed by atoms with E-state index in [1.807, 2.05) is 0 Å². The quantitative estimate of drug-likeness (QED) is 0.587. The highest BCUT2D eigenvalue weighted by Gasteiger charge is 2.41. The zero-order valence-electron chi connectivity index (χ0n) is 8.76. The Morgan fingerprint density at radius 3 is 2.28 bits per heavy atom. The van der Waals surface area contributed by atoms with Gasteiger partial charge in [-0.25, -0.2) is 13.8 Å². The van der Waals surface area contributed by atoms with Gasteiger partial charge in [-0.3, -0.25) is 0 Å². The van der Waals surface area contributed by atoms with Gasteiger partial charge in [0.15, 0.2) is 12.3 Å². The predicted octanol–water partition coefficient (Wildman–Crippen LogP) is 2.65. The summed E-state index contributed by atoms with van der Waals surface area (Å²) >= 11 is 5.41. The van der Waals surface area contributed by atoms with Gasteiger partial charge in [0.1, 0.15) is 11.4 Å². The molecule has 0 N–H and O–H groups in total. The maximum atomic E-state index is 13.0. The number of hydrogen-bond donors (Lipinski definition) is 0. The number of halogens is 6. The Morgan fingerprint density at radius 1 is 1.22 bits per heavy atom. The first-order valence-corrected chi connectivity index (χ1v) is 5.29. The second-order valence-corrected chi connectivity index (χ2v) is 4.15. The number of anilines is 1. The van der Waals surface area contributed by atoms with Crippen molar-refractivity contribution in [1.29, 1.82) is 0 Å². The lowest BCUT2D eigenvalue weighted by Crippen LogP contribution is -2.25. The molecule has 100 valence electrons. The second kappa shape index (κ2) is 4.49. The fourth-order valence-corrected chi connectivity index (χ4v) is 1.82. The monoisotopic (exact) mass is 287 g/mol. The van der Waals surface area contributed by atoms with Gasteiger partial charge in [0.25, 0.3) is 0 Å². The molecule has 0 unspecified atom stereocenters. The van der Waals surface area contributed by atoms with E-state index < -0.39 is 48.3 Å². The van der Waals surface area contributed by atoms with Crippen LogP contribution in [0.1, 0.15) is 5.56 Å². The average molecular weight is 288 g/mol. The van der Waals surface area contributed by atoms with Crippen molar-refractivity contribution in [3.63, 3.8) is 0 Å². The highest BCUT2D eigenvalue weighted by atomic mass is 35.5. The molecule has 18 heavy (non-hydrogen) atoms. The van der Waals surface area contributed by atoms with Crippen molar-refractivity contribution in [2.45, 2.75) is 18.5 Å². The Morgan fingerprint density at radius 2 is 1.78 bits per heavy atom. The largest absolute Gasteiger partial charge is 0.421 e. The molecule has 0 spiro atoms. The first-order valence-electron chi connectivity index (χ1n) is 4.92. The second-order valence-electron chi connectivity index (χ2n) is 3.81. The Balaban J connectivity index is 2.40. The molecule has 2 heterocycles. The van der Waals surface area contributed by atoms with Gasteiger partial charge in [-0.05, 0) is 11.6 Å². The zero-order chi connectivity index (χ0) is 13.5. The van der Waals surface area contributed by atoms with Gasteiger partial charge in [-0.1, -0.05) is 0 Å². The van der Waals surface area contributed by atoms with Crippen LogP contribution in [0.5, 0.6) is 0 Å². The van der Waals surface area contributed by atoms with Gasteiger partial charge in [0, 0.05) is 6.20 Å². The van der Waals surface area contributed by atoms with Crippen LogP contribution in [0.3, 0.4) is 0 Å². The van der Waals surface area contributed by atoms with Crippen molar-refractivity contribution in [1.82, 2.24) is 9.97 Å². The molecule has 1 aromatic rings. The fourth-order valence-electron chi connectivity index (χ4n) is 1.69. The normalized spacial score (nSPS) is 24.7. The van der Waals surface area contributed by atoms with Crippen molar-refractivity contribution in [2.24, 2.45) is 0 Å². The van der Waals surface area contributed by atoms with Crippen LogP contribution in [-0.4, -0.2) is 35.4 Å². The molecule has 1 aliphatic heterocycles. The SMILES string of the molecule is F[C@H]1CN(c2nc(Cl)ncc2C(F)(F)F)C[C@@H]1F. The predicted molar refractivity (Wildman–Crippen MR) is 54.0 cm³/mol. The van der Waals surface area contributed by atoms with Crippen LogP contribution < -0.4 is 4.90 Å².